The number of amides is 2. The third-order valence-corrected chi connectivity index (χ3v) is 6.17. The van der Waals surface area contributed by atoms with E-state index in [1.54, 1.807) is 22.1 Å². The van der Waals surface area contributed by atoms with Gasteiger partial charge in [0.25, 0.3) is 0 Å². The number of benzene rings is 1. The minimum absolute atomic E-state index is 0.0363. The Morgan fingerprint density at radius 2 is 1.94 bits per heavy atom. The number of piperidine rings is 1. The van der Waals surface area contributed by atoms with Gasteiger partial charge in [-0.2, -0.15) is 0 Å². The molecule has 2 fully saturated rings. The van der Waals surface area contributed by atoms with Crippen LogP contribution in [0.1, 0.15) is 45.3 Å². The van der Waals surface area contributed by atoms with Gasteiger partial charge in [-0.25, -0.2) is 9.18 Å². The van der Waals surface area contributed by atoms with Crippen molar-refractivity contribution in [1.82, 2.24) is 9.88 Å². The zero-order valence-corrected chi connectivity index (χ0v) is 18.5. The molecular formula is C23H25ClFN3O3. The van der Waals surface area contributed by atoms with Crippen molar-refractivity contribution in [2.45, 2.75) is 45.3 Å². The van der Waals surface area contributed by atoms with Crippen LogP contribution in [0.5, 0.6) is 0 Å². The Kier molecular flexibility index (Phi) is 5.41. The Labute approximate surface area is 186 Å². The van der Waals surface area contributed by atoms with E-state index in [2.05, 4.69) is 4.98 Å². The summed E-state index contributed by atoms with van der Waals surface area (Å²) in [5, 5.41) is -0.0363. The van der Waals surface area contributed by atoms with Crippen molar-refractivity contribution in [2.75, 3.05) is 18.0 Å². The van der Waals surface area contributed by atoms with E-state index in [-0.39, 0.29) is 23.1 Å². The van der Waals surface area contributed by atoms with E-state index in [4.69, 9.17) is 16.3 Å². The molecule has 1 aromatic carbocycles. The molecule has 2 aromatic rings. The number of hydrogen-bond donors (Lipinski definition) is 0. The number of anilines is 1. The molecule has 1 unspecified atom stereocenters. The highest BCUT2D eigenvalue weighted by Gasteiger charge is 2.63. The van der Waals surface area contributed by atoms with Gasteiger partial charge in [-0.1, -0.05) is 17.7 Å². The molecule has 164 valence electrons. The second-order valence-corrected chi connectivity index (χ2v) is 9.46. The maximum atomic E-state index is 13.7. The van der Waals surface area contributed by atoms with E-state index in [1.807, 2.05) is 39.0 Å². The smallest absolute Gasteiger partial charge is 0.410 e. The molecule has 4 rings (SSSR count). The van der Waals surface area contributed by atoms with E-state index >= 15 is 0 Å². The molecule has 0 radical (unpaired) electrons. The molecule has 0 N–H and O–H groups in total. The first kappa shape index (κ1) is 21.6. The third-order valence-electron chi connectivity index (χ3n) is 5.88. The molecule has 3 heterocycles. The van der Waals surface area contributed by atoms with E-state index < -0.39 is 16.8 Å². The Morgan fingerprint density at radius 3 is 2.52 bits per heavy atom. The van der Waals surface area contributed by atoms with Gasteiger partial charge >= 0.3 is 6.09 Å². The van der Waals surface area contributed by atoms with Crippen LogP contribution < -0.4 is 4.90 Å². The summed E-state index contributed by atoms with van der Waals surface area (Å²) >= 11 is 5.98. The molecule has 2 aliphatic heterocycles. The van der Waals surface area contributed by atoms with Gasteiger partial charge in [-0.3, -0.25) is 9.78 Å². The third kappa shape index (κ3) is 3.87. The standard InChI is InChI=1S/C23H25ClFN3O3/c1-22(2,3)31-21(30)27-12-9-23(10-13-27)19(18-6-4-5-11-26-18)28(20(23)29)15-7-8-17(25)16(24)14-15/h4-8,11,14,19H,9-10,12-13H2,1-3H3. The predicted octanol–water partition coefficient (Wildman–Crippen LogP) is 4.98. The fourth-order valence-corrected chi connectivity index (χ4v) is 4.59. The number of carbonyl (C=O) groups excluding carboxylic acids is 2. The monoisotopic (exact) mass is 445 g/mol. The predicted molar refractivity (Wildman–Crippen MR) is 115 cm³/mol. The van der Waals surface area contributed by atoms with E-state index in [1.165, 1.54) is 12.1 Å². The lowest BCUT2D eigenvalue weighted by molar-refractivity contribution is -0.145. The highest BCUT2D eigenvalue weighted by atomic mass is 35.5. The van der Waals surface area contributed by atoms with Gasteiger partial charge in [0.1, 0.15) is 11.4 Å². The molecule has 1 atom stereocenters. The van der Waals surface area contributed by atoms with Crippen molar-refractivity contribution >= 4 is 29.3 Å². The number of hydrogen-bond acceptors (Lipinski definition) is 4. The van der Waals surface area contributed by atoms with E-state index in [0.29, 0.717) is 31.6 Å². The zero-order valence-electron chi connectivity index (χ0n) is 17.8. The average molecular weight is 446 g/mol. The Balaban J connectivity index is 1.61. The van der Waals surface area contributed by atoms with Crippen LogP contribution in [0.15, 0.2) is 42.6 Å². The molecule has 2 saturated heterocycles. The SMILES string of the molecule is CC(C)(C)OC(=O)N1CCC2(CC1)C(=O)N(c1ccc(F)c(Cl)c1)C2c1ccccn1. The first-order valence-corrected chi connectivity index (χ1v) is 10.7. The van der Waals surface area contributed by atoms with Crippen LogP contribution in [0, 0.1) is 11.2 Å². The van der Waals surface area contributed by atoms with Crippen molar-refractivity contribution in [3.8, 4) is 0 Å². The van der Waals surface area contributed by atoms with Crippen LogP contribution in [-0.2, 0) is 9.53 Å². The normalized spacial score (nSPS) is 20.5. The summed E-state index contributed by atoms with van der Waals surface area (Å²) in [6.45, 7) is 6.32. The number of halogens is 2. The summed E-state index contributed by atoms with van der Waals surface area (Å²) in [4.78, 5) is 33.7. The number of aromatic nitrogens is 1. The maximum Gasteiger partial charge on any atom is 0.410 e. The number of nitrogens with zero attached hydrogens (tertiary/aromatic N) is 3. The van der Waals surface area contributed by atoms with Gasteiger partial charge < -0.3 is 14.5 Å². The topological polar surface area (TPSA) is 62.7 Å². The molecule has 0 aliphatic carbocycles. The van der Waals surface area contributed by atoms with Crippen molar-refractivity contribution in [3.63, 3.8) is 0 Å². The molecule has 2 amide bonds. The van der Waals surface area contributed by atoms with Crippen LogP contribution in [0.3, 0.4) is 0 Å². The highest BCUT2D eigenvalue weighted by molar-refractivity contribution is 6.31. The highest BCUT2D eigenvalue weighted by Crippen LogP contribution is 2.57. The minimum Gasteiger partial charge on any atom is -0.444 e. The Bertz CT molecular complexity index is 1000. The lowest BCUT2D eigenvalue weighted by atomic mass is 9.63. The summed E-state index contributed by atoms with van der Waals surface area (Å²) in [7, 11) is 0. The lowest BCUT2D eigenvalue weighted by Gasteiger charge is -2.58. The van der Waals surface area contributed by atoms with Gasteiger partial charge in [0, 0.05) is 25.0 Å². The van der Waals surface area contributed by atoms with Crippen LogP contribution in [0.25, 0.3) is 0 Å². The summed E-state index contributed by atoms with van der Waals surface area (Å²) in [5.41, 5.74) is 0.0435. The second-order valence-electron chi connectivity index (χ2n) is 9.05. The van der Waals surface area contributed by atoms with Crippen molar-refractivity contribution in [2.24, 2.45) is 5.41 Å². The maximum absolute atomic E-state index is 13.7. The molecule has 1 spiro atoms. The largest absolute Gasteiger partial charge is 0.444 e. The van der Waals surface area contributed by atoms with E-state index in [9.17, 15) is 14.0 Å². The first-order valence-electron chi connectivity index (χ1n) is 10.3. The molecular weight excluding hydrogens is 421 g/mol. The molecule has 8 heteroatoms. The Morgan fingerprint density at radius 1 is 1.23 bits per heavy atom. The summed E-state index contributed by atoms with van der Waals surface area (Å²) in [6.07, 6.45) is 2.32. The zero-order chi connectivity index (χ0) is 22.4. The van der Waals surface area contributed by atoms with Gasteiger partial charge in [0.05, 0.1) is 22.2 Å². The summed E-state index contributed by atoms with van der Waals surface area (Å²) in [5.74, 6) is -0.595. The Hall–Kier alpha value is -2.67. The molecule has 1 aromatic heterocycles. The molecule has 6 nitrogen and oxygen atoms in total. The summed E-state index contributed by atoms with van der Waals surface area (Å²) < 4.78 is 19.2. The average Bonchev–Trinajstić information content (AvgIpc) is 2.73. The number of likely N-dealkylation sites (tertiary alicyclic amines) is 1. The van der Waals surface area contributed by atoms with Crippen molar-refractivity contribution in [3.05, 3.63) is 59.1 Å². The van der Waals surface area contributed by atoms with Gasteiger partial charge in [-0.15, -0.1) is 0 Å². The quantitative estimate of drug-likeness (QED) is 0.611. The fourth-order valence-electron chi connectivity index (χ4n) is 4.41. The van der Waals surface area contributed by atoms with Crippen LogP contribution >= 0.6 is 11.6 Å². The second kappa shape index (κ2) is 7.79. The van der Waals surface area contributed by atoms with Gasteiger partial charge in [0.15, 0.2) is 0 Å². The lowest BCUT2D eigenvalue weighted by Crippen LogP contribution is -2.67. The van der Waals surface area contributed by atoms with Crippen molar-refractivity contribution in [1.29, 1.82) is 0 Å². The molecule has 0 bridgehead atoms. The number of ether oxygens (including phenoxy) is 1. The molecule has 0 saturated carbocycles. The fraction of sp³-hybridized carbons (Fsp3) is 0.435. The van der Waals surface area contributed by atoms with Crippen LogP contribution in [0.4, 0.5) is 14.9 Å². The van der Waals surface area contributed by atoms with E-state index in [0.717, 1.165) is 5.69 Å². The summed E-state index contributed by atoms with van der Waals surface area (Å²) in [6, 6.07) is 9.55. The minimum atomic E-state index is -0.673. The molecule has 31 heavy (non-hydrogen) atoms. The van der Waals surface area contributed by atoms with Gasteiger partial charge in [0.2, 0.25) is 5.91 Å². The number of β-lactam (4-membered cyclic amide) rings is 1. The number of rotatable bonds is 2. The number of carbonyl (C=O) groups is 2. The molecule has 2 aliphatic rings. The van der Waals surface area contributed by atoms with Crippen LogP contribution in [-0.4, -0.2) is 40.6 Å². The van der Waals surface area contributed by atoms with Crippen LogP contribution in [0.2, 0.25) is 5.02 Å². The van der Waals surface area contributed by atoms with Gasteiger partial charge in [-0.05, 0) is 63.9 Å². The number of pyridine rings is 1. The van der Waals surface area contributed by atoms with Crippen molar-refractivity contribution < 1.29 is 18.7 Å². The first-order chi connectivity index (χ1) is 14.6.